The van der Waals surface area contributed by atoms with E-state index in [1.165, 1.54) is 0 Å². The minimum atomic E-state index is -0.642. The fourth-order valence-electron chi connectivity index (χ4n) is 2.08. The maximum absolute atomic E-state index is 10.5. The van der Waals surface area contributed by atoms with Gasteiger partial charge in [-0.2, -0.15) is 0 Å². The molecule has 0 aliphatic rings. The number of nitrogens with zero attached hydrogens (tertiary/aromatic N) is 2. The van der Waals surface area contributed by atoms with Crippen molar-refractivity contribution >= 4 is 22.4 Å². The van der Waals surface area contributed by atoms with Crippen LogP contribution in [0.15, 0.2) is 42.0 Å². The Bertz CT molecular complexity index is 688. The predicted molar refractivity (Wildman–Crippen MR) is 72.7 cm³/mol. The van der Waals surface area contributed by atoms with E-state index in [0.717, 1.165) is 27.0 Å². The molecule has 2 aromatic heterocycles. The normalized spacial score (nSPS) is 12.8. The van der Waals surface area contributed by atoms with Gasteiger partial charge >= 0.3 is 0 Å². The fraction of sp³-hybridized carbons (Fsp3) is 0.143. The van der Waals surface area contributed by atoms with Gasteiger partial charge in [0.2, 0.25) is 0 Å². The van der Waals surface area contributed by atoms with Crippen molar-refractivity contribution in [2.75, 3.05) is 0 Å². The first-order valence-corrected chi connectivity index (χ1v) is 6.57. The van der Waals surface area contributed by atoms with Gasteiger partial charge in [-0.3, -0.25) is 9.97 Å². The fourth-order valence-corrected chi connectivity index (χ4v) is 2.82. The van der Waals surface area contributed by atoms with Crippen molar-refractivity contribution in [2.45, 2.75) is 13.0 Å². The summed E-state index contributed by atoms with van der Waals surface area (Å²) in [6.45, 7) is 2.01. The van der Waals surface area contributed by atoms with E-state index in [4.69, 9.17) is 0 Å². The van der Waals surface area contributed by atoms with Gasteiger partial charge in [-0.05, 0) is 30.0 Å². The van der Waals surface area contributed by atoms with E-state index in [2.05, 4.69) is 9.97 Å². The molecule has 1 N–H and O–H groups in total. The van der Waals surface area contributed by atoms with Crippen molar-refractivity contribution in [3.63, 3.8) is 0 Å². The van der Waals surface area contributed by atoms with E-state index < -0.39 is 6.10 Å². The van der Waals surface area contributed by atoms with Crippen LogP contribution in [0.3, 0.4) is 0 Å². The SMILES string of the molecule is Cc1sccc1C(O)c1cccc2nccnc12. The highest BCUT2D eigenvalue weighted by Gasteiger charge is 2.17. The van der Waals surface area contributed by atoms with Crippen LogP contribution >= 0.6 is 11.3 Å². The number of fused-ring (bicyclic) bond motifs is 1. The van der Waals surface area contributed by atoms with Crippen molar-refractivity contribution in [2.24, 2.45) is 0 Å². The Morgan fingerprint density at radius 1 is 1.11 bits per heavy atom. The number of rotatable bonds is 2. The van der Waals surface area contributed by atoms with Crippen molar-refractivity contribution < 1.29 is 5.11 Å². The van der Waals surface area contributed by atoms with Crippen LogP contribution in [0.25, 0.3) is 11.0 Å². The third-order valence-electron chi connectivity index (χ3n) is 3.02. The maximum atomic E-state index is 10.5. The maximum Gasteiger partial charge on any atom is 0.107 e. The lowest BCUT2D eigenvalue weighted by molar-refractivity contribution is 0.221. The third kappa shape index (κ3) is 1.79. The third-order valence-corrected chi connectivity index (χ3v) is 3.88. The lowest BCUT2D eigenvalue weighted by Crippen LogP contribution is -2.01. The molecule has 0 spiro atoms. The van der Waals surface area contributed by atoms with Crippen LogP contribution in [0.1, 0.15) is 22.1 Å². The van der Waals surface area contributed by atoms with E-state index in [9.17, 15) is 5.11 Å². The zero-order chi connectivity index (χ0) is 12.5. The van der Waals surface area contributed by atoms with Gasteiger partial charge in [0.05, 0.1) is 11.0 Å². The Morgan fingerprint density at radius 3 is 2.72 bits per heavy atom. The highest BCUT2D eigenvalue weighted by Crippen LogP contribution is 2.30. The molecule has 3 aromatic rings. The van der Waals surface area contributed by atoms with Gasteiger partial charge in [-0.25, -0.2) is 0 Å². The van der Waals surface area contributed by atoms with Gasteiger partial charge in [0, 0.05) is 22.8 Å². The summed E-state index contributed by atoms with van der Waals surface area (Å²) in [6, 6.07) is 7.66. The molecule has 1 unspecified atom stereocenters. The van der Waals surface area contributed by atoms with Gasteiger partial charge < -0.3 is 5.11 Å². The summed E-state index contributed by atoms with van der Waals surface area (Å²) in [5.74, 6) is 0. The van der Waals surface area contributed by atoms with Crippen LogP contribution in [0.2, 0.25) is 0 Å². The summed E-state index contributed by atoms with van der Waals surface area (Å²) in [4.78, 5) is 9.71. The molecule has 0 aliphatic heterocycles. The van der Waals surface area contributed by atoms with Gasteiger partial charge in [-0.1, -0.05) is 12.1 Å². The molecule has 0 radical (unpaired) electrons. The highest BCUT2D eigenvalue weighted by molar-refractivity contribution is 7.10. The molecule has 2 heterocycles. The lowest BCUT2D eigenvalue weighted by Gasteiger charge is -2.12. The number of hydrogen-bond donors (Lipinski definition) is 1. The second-order valence-corrected chi connectivity index (χ2v) is 5.23. The summed E-state index contributed by atoms with van der Waals surface area (Å²) in [6.07, 6.45) is 2.67. The number of thiophene rings is 1. The van der Waals surface area contributed by atoms with Crippen molar-refractivity contribution in [3.05, 3.63) is 58.0 Å². The summed E-state index contributed by atoms with van der Waals surface area (Å²) in [7, 11) is 0. The molecule has 3 nitrogen and oxygen atoms in total. The molecular weight excluding hydrogens is 244 g/mol. The molecule has 0 saturated heterocycles. The zero-order valence-electron chi connectivity index (χ0n) is 9.87. The molecule has 1 aromatic carbocycles. The summed E-state index contributed by atoms with van der Waals surface area (Å²) < 4.78 is 0. The number of hydrogen-bond acceptors (Lipinski definition) is 4. The van der Waals surface area contributed by atoms with E-state index in [1.54, 1.807) is 23.7 Å². The minimum Gasteiger partial charge on any atom is -0.384 e. The number of aryl methyl sites for hydroxylation is 1. The van der Waals surface area contributed by atoms with E-state index in [1.807, 2.05) is 36.6 Å². The quantitative estimate of drug-likeness (QED) is 0.766. The summed E-state index contributed by atoms with van der Waals surface area (Å²) in [5.41, 5.74) is 3.32. The van der Waals surface area contributed by atoms with Crippen LogP contribution in [-0.4, -0.2) is 15.1 Å². The molecule has 90 valence electrons. The van der Waals surface area contributed by atoms with Crippen molar-refractivity contribution in [1.82, 2.24) is 9.97 Å². The van der Waals surface area contributed by atoms with Gasteiger partial charge in [0.15, 0.2) is 0 Å². The van der Waals surface area contributed by atoms with Gasteiger partial charge in [0.25, 0.3) is 0 Å². The van der Waals surface area contributed by atoms with Crippen LogP contribution < -0.4 is 0 Å². The molecule has 0 amide bonds. The van der Waals surface area contributed by atoms with E-state index in [0.29, 0.717) is 0 Å². The average Bonchev–Trinajstić information content (AvgIpc) is 2.83. The lowest BCUT2D eigenvalue weighted by atomic mass is 10.0. The molecular formula is C14H12N2OS. The second-order valence-electron chi connectivity index (χ2n) is 4.11. The zero-order valence-corrected chi connectivity index (χ0v) is 10.7. The first-order valence-electron chi connectivity index (χ1n) is 5.69. The first-order chi connectivity index (χ1) is 8.77. The predicted octanol–water partition coefficient (Wildman–Crippen LogP) is 3.08. The largest absolute Gasteiger partial charge is 0.384 e. The molecule has 0 aliphatic carbocycles. The number of para-hydroxylation sites is 1. The molecule has 18 heavy (non-hydrogen) atoms. The summed E-state index contributed by atoms with van der Waals surface area (Å²) >= 11 is 1.64. The molecule has 3 rings (SSSR count). The monoisotopic (exact) mass is 256 g/mol. The van der Waals surface area contributed by atoms with Gasteiger partial charge in [-0.15, -0.1) is 11.3 Å². The van der Waals surface area contributed by atoms with Gasteiger partial charge in [0.1, 0.15) is 6.10 Å². The Hall–Kier alpha value is -1.78. The van der Waals surface area contributed by atoms with Crippen molar-refractivity contribution in [1.29, 1.82) is 0 Å². The van der Waals surface area contributed by atoms with E-state index in [-0.39, 0.29) is 0 Å². The number of aliphatic hydroxyl groups excluding tert-OH is 1. The Balaban J connectivity index is 2.18. The minimum absolute atomic E-state index is 0.642. The highest BCUT2D eigenvalue weighted by atomic mass is 32.1. The smallest absolute Gasteiger partial charge is 0.107 e. The Labute approximate surface area is 109 Å². The number of aromatic nitrogens is 2. The topological polar surface area (TPSA) is 46.0 Å². The van der Waals surface area contributed by atoms with E-state index >= 15 is 0 Å². The standard InChI is InChI=1S/C14H12N2OS/c1-9-10(5-8-18-9)14(17)11-3-2-4-12-13(11)16-7-6-15-12/h2-8,14,17H,1H3. The summed E-state index contributed by atoms with van der Waals surface area (Å²) in [5, 5.41) is 12.5. The first kappa shape index (κ1) is 11.3. The average molecular weight is 256 g/mol. The van der Waals surface area contributed by atoms with Crippen LogP contribution in [0, 0.1) is 6.92 Å². The van der Waals surface area contributed by atoms with Crippen LogP contribution in [0.4, 0.5) is 0 Å². The number of aliphatic hydroxyl groups is 1. The molecule has 0 bridgehead atoms. The Kier molecular flexibility index (Phi) is 2.81. The molecule has 1 atom stereocenters. The van der Waals surface area contributed by atoms with Crippen LogP contribution in [-0.2, 0) is 0 Å². The van der Waals surface area contributed by atoms with Crippen molar-refractivity contribution in [3.8, 4) is 0 Å². The number of benzene rings is 1. The molecule has 0 saturated carbocycles. The second kappa shape index (κ2) is 4.48. The van der Waals surface area contributed by atoms with Crippen LogP contribution in [0.5, 0.6) is 0 Å². The Morgan fingerprint density at radius 2 is 1.94 bits per heavy atom. The molecule has 0 fully saturated rings. The molecule has 4 heteroatoms.